The molecule has 0 saturated heterocycles. The molecular weight excluding hydrogens is 171 g/mol. The third-order valence-corrected chi connectivity index (χ3v) is 6.40. The summed E-state index contributed by atoms with van der Waals surface area (Å²) in [5.74, 6) is 0.505. The Labute approximate surface area is 68.3 Å². The van der Waals surface area contributed by atoms with Gasteiger partial charge in [0.1, 0.15) is 0 Å². The maximum absolute atomic E-state index is 6.09. The molecule has 0 aliphatic rings. The topological polar surface area (TPSA) is 0 Å². The van der Waals surface area contributed by atoms with Crippen LogP contribution in [-0.2, 0) is 0 Å². The molecular formula is C6H14Cl2Si. The highest BCUT2D eigenvalue weighted by molar-refractivity contribution is 7.22. The van der Waals surface area contributed by atoms with E-state index in [0.717, 1.165) is 0 Å². The molecule has 0 rings (SSSR count). The van der Waals surface area contributed by atoms with Crippen molar-refractivity contribution >= 4 is 30.1 Å². The maximum atomic E-state index is 6.09. The predicted octanol–water partition coefficient (Wildman–Crippen LogP) is 3.23. The lowest BCUT2D eigenvalue weighted by Crippen LogP contribution is -2.35. The van der Waals surface area contributed by atoms with Crippen molar-refractivity contribution in [3.05, 3.63) is 0 Å². The minimum atomic E-state index is -1.59. The number of halogens is 2. The van der Waals surface area contributed by atoms with Crippen LogP contribution in [-0.4, -0.2) is 12.4 Å². The molecule has 0 aromatic rings. The molecule has 0 heterocycles. The minimum Gasteiger partial charge on any atom is -0.166 e. The van der Waals surface area contributed by atoms with Crippen LogP contribution in [0, 0.1) is 5.92 Å². The second-order valence-corrected chi connectivity index (χ2v) is 10.7. The zero-order valence-corrected chi connectivity index (χ0v) is 8.92. The highest BCUT2D eigenvalue weighted by Gasteiger charge is 2.30. The Bertz CT molecular complexity index is 85.5. The normalized spacial score (nSPS) is 16.3. The molecule has 0 aliphatic carbocycles. The average molecular weight is 185 g/mol. The van der Waals surface area contributed by atoms with E-state index in [9.17, 15) is 0 Å². The molecule has 0 bridgehead atoms. The fraction of sp³-hybridized carbons (Fsp3) is 1.00. The fourth-order valence-electron chi connectivity index (χ4n) is 0.793. The van der Waals surface area contributed by atoms with Gasteiger partial charge in [-0.2, -0.15) is 11.1 Å². The molecule has 0 N–H and O–H groups in total. The quantitative estimate of drug-likeness (QED) is 0.352. The Balaban J connectivity index is 3.88. The van der Waals surface area contributed by atoms with Gasteiger partial charge in [0.2, 0.25) is 0 Å². The molecule has 0 spiro atoms. The molecule has 3 heteroatoms. The summed E-state index contributed by atoms with van der Waals surface area (Å²) < 4.78 is 0. The molecule has 9 heavy (non-hydrogen) atoms. The third-order valence-electron chi connectivity index (χ3n) is 1.24. The van der Waals surface area contributed by atoms with Crippen LogP contribution < -0.4 is 0 Å². The van der Waals surface area contributed by atoms with Gasteiger partial charge in [-0.3, -0.25) is 0 Å². The number of hydrogen-bond donors (Lipinski definition) is 0. The molecule has 1 atom stereocenters. The molecule has 0 nitrogen and oxygen atoms in total. The van der Waals surface area contributed by atoms with Crippen LogP contribution in [0.1, 0.15) is 13.8 Å². The second kappa shape index (κ2) is 3.27. The van der Waals surface area contributed by atoms with Crippen LogP contribution >= 0.6 is 22.7 Å². The molecule has 0 aromatic carbocycles. The maximum Gasteiger partial charge on any atom is 0.168 e. The van der Waals surface area contributed by atoms with Gasteiger partial charge < -0.3 is 0 Å². The lowest BCUT2D eigenvalue weighted by molar-refractivity contribution is 0.696. The molecule has 0 aromatic heterocycles. The zero-order chi connectivity index (χ0) is 7.65. The summed E-state index contributed by atoms with van der Waals surface area (Å²) in [4.78, 5) is 0. The first-order valence-corrected chi connectivity index (χ1v) is 7.71. The molecule has 0 aliphatic heterocycles. The Hall–Kier alpha value is 0.797. The van der Waals surface area contributed by atoms with Crippen LogP contribution in [0.4, 0.5) is 0 Å². The summed E-state index contributed by atoms with van der Waals surface area (Å²) >= 11 is 12.1. The van der Waals surface area contributed by atoms with Gasteiger partial charge in [0.05, 0.1) is 0 Å². The van der Waals surface area contributed by atoms with Gasteiger partial charge >= 0.3 is 0 Å². The van der Waals surface area contributed by atoms with E-state index in [1.807, 2.05) is 0 Å². The number of alkyl halides is 1. The van der Waals surface area contributed by atoms with Gasteiger partial charge in [-0.05, 0) is 5.92 Å². The van der Waals surface area contributed by atoms with E-state index in [1.165, 1.54) is 0 Å². The van der Waals surface area contributed by atoms with Crippen molar-refractivity contribution < 1.29 is 0 Å². The van der Waals surface area contributed by atoms with E-state index in [0.29, 0.717) is 5.92 Å². The summed E-state index contributed by atoms with van der Waals surface area (Å²) in [6.45, 7) is 8.36. The van der Waals surface area contributed by atoms with Crippen molar-refractivity contribution in [3.8, 4) is 0 Å². The first-order chi connectivity index (χ1) is 3.85. The Morgan fingerprint density at radius 3 is 1.56 bits per heavy atom. The Morgan fingerprint density at radius 1 is 1.22 bits per heavy atom. The Kier molecular flexibility index (Phi) is 3.55. The molecule has 0 fully saturated rings. The SMILES string of the molecule is CC(C)C(Cl)[Si](C)(C)Cl. The monoisotopic (exact) mass is 184 g/mol. The van der Waals surface area contributed by atoms with Crippen molar-refractivity contribution in [1.29, 1.82) is 0 Å². The lowest BCUT2D eigenvalue weighted by Gasteiger charge is -2.23. The fourth-order valence-corrected chi connectivity index (χ4v) is 3.13. The highest BCUT2D eigenvalue weighted by Crippen LogP contribution is 2.24. The van der Waals surface area contributed by atoms with E-state index in [1.54, 1.807) is 0 Å². The van der Waals surface area contributed by atoms with Crippen molar-refractivity contribution in [2.24, 2.45) is 5.92 Å². The summed E-state index contributed by atoms with van der Waals surface area (Å²) in [5.41, 5.74) is 0. The van der Waals surface area contributed by atoms with E-state index in [4.69, 9.17) is 22.7 Å². The summed E-state index contributed by atoms with van der Waals surface area (Å²) in [7, 11) is -1.59. The first kappa shape index (κ1) is 9.80. The Morgan fingerprint density at radius 2 is 1.56 bits per heavy atom. The van der Waals surface area contributed by atoms with Crippen LogP contribution in [0.5, 0.6) is 0 Å². The molecule has 0 saturated carbocycles. The van der Waals surface area contributed by atoms with Crippen LogP contribution in [0.3, 0.4) is 0 Å². The number of hydrogen-bond acceptors (Lipinski definition) is 0. The first-order valence-electron chi connectivity index (χ1n) is 3.18. The van der Waals surface area contributed by atoms with Crippen LogP contribution in [0.25, 0.3) is 0 Å². The summed E-state index contributed by atoms with van der Waals surface area (Å²) in [5, 5.41) is 0.194. The smallest absolute Gasteiger partial charge is 0.166 e. The standard InChI is InChI=1S/C6H14Cl2Si/c1-5(2)6(7)9(3,4)8/h5-6H,1-4H3. The van der Waals surface area contributed by atoms with Crippen molar-refractivity contribution in [3.63, 3.8) is 0 Å². The van der Waals surface area contributed by atoms with E-state index in [2.05, 4.69) is 26.9 Å². The van der Waals surface area contributed by atoms with Gasteiger partial charge in [0, 0.05) is 5.00 Å². The minimum absolute atomic E-state index is 0.194. The molecule has 0 radical (unpaired) electrons. The molecule has 56 valence electrons. The van der Waals surface area contributed by atoms with E-state index >= 15 is 0 Å². The molecule has 1 unspecified atom stereocenters. The van der Waals surface area contributed by atoms with Gasteiger partial charge in [-0.1, -0.05) is 26.9 Å². The van der Waals surface area contributed by atoms with Crippen LogP contribution in [0.2, 0.25) is 13.1 Å². The van der Waals surface area contributed by atoms with Gasteiger partial charge in [0.15, 0.2) is 7.38 Å². The number of rotatable bonds is 2. The van der Waals surface area contributed by atoms with Gasteiger partial charge in [-0.25, -0.2) is 0 Å². The predicted molar refractivity (Wildman–Crippen MR) is 47.8 cm³/mol. The van der Waals surface area contributed by atoms with Gasteiger partial charge in [-0.15, -0.1) is 11.6 Å². The van der Waals surface area contributed by atoms with Crippen molar-refractivity contribution in [2.45, 2.75) is 31.9 Å². The summed E-state index contributed by atoms with van der Waals surface area (Å²) in [6, 6.07) is 0. The van der Waals surface area contributed by atoms with Crippen LogP contribution in [0.15, 0.2) is 0 Å². The van der Waals surface area contributed by atoms with Crippen molar-refractivity contribution in [1.82, 2.24) is 0 Å². The summed E-state index contributed by atoms with van der Waals surface area (Å²) in [6.07, 6.45) is 0. The second-order valence-electron chi connectivity index (χ2n) is 3.21. The van der Waals surface area contributed by atoms with E-state index < -0.39 is 7.38 Å². The molecule has 0 amide bonds. The highest BCUT2D eigenvalue weighted by atomic mass is 35.6. The zero-order valence-electron chi connectivity index (χ0n) is 6.41. The van der Waals surface area contributed by atoms with Gasteiger partial charge in [0.25, 0.3) is 0 Å². The average Bonchev–Trinajstić information content (AvgIpc) is 1.62. The van der Waals surface area contributed by atoms with E-state index in [-0.39, 0.29) is 5.00 Å². The largest absolute Gasteiger partial charge is 0.168 e. The lowest BCUT2D eigenvalue weighted by atomic mass is 10.3. The van der Waals surface area contributed by atoms with Crippen molar-refractivity contribution in [2.75, 3.05) is 0 Å². The third kappa shape index (κ3) is 3.49.